The maximum absolute atomic E-state index is 9.42. The van der Waals surface area contributed by atoms with E-state index in [1.807, 2.05) is 12.1 Å². The van der Waals surface area contributed by atoms with E-state index in [-0.39, 0.29) is 18.0 Å². The first kappa shape index (κ1) is 14.6. The molecular formula is C14H21N3O3. The fourth-order valence-corrected chi connectivity index (χ4v) is 2.39. The Bertz CT molecular complexity index is 493. The van der Waals surface area contributed by atoms with Crippen LogP contribution < -0.4 is 15.8 Å². The molecule has 0 aromatic heterocycles. The van der Waals surface area contributed by atoms with E-state index in [0.29, 0.717) is 17.9 Å². The van der Waals surface area contributed by atoms with Crippen LogP contribution in [0.4, 0.5) is 0 Å². The van der Waals surface area contributed by atoms with Crippen molar-refractivity contribution >= 4 is 5.84 Å². The second kappa shape index (κ2) is 6.11. The molecule has 1 aliphatic carbocycles. The summed E-state index contributed by atoms with van der Waals surface area (Å²) in [5.74, 6) is 0.582. The molecule has 0 saturated heterocycles. The number of ether oxygens (including phenoxy) is 1. The third-order valence-electron chi connectivity index (χ3n) is 3.93. The molecule has 1 aromatic carbocycles. The molecule has 6 nitrogen and oxygen atoms in total. The lowest BCUT2D eigenvalue weighted by Gasteiger charge is -2.41. The van der Waals surface area contributed by atoms with Crippen molar-refractivity contribution < 1.29 is 15.1 Å². The number of aliphatic hydroxyl groups is 1. The number of benzene rings is 1. The van der Waals surface area contributed by atoms with Gasteiger partial charge in [-0.2, -0.15) is 0 Å². The first-order chi connectivity index (χ1) is 9.64. The highest BCUT2D eigenvalue weighted by atomic mass is 16.5. The Hall–Kier alpha value is -1.79. The maximum Gasteiger partial charge on any atom is 0.173 e. The van der Waals surface area contributed by atoms with Crippen molar-refractivity contribution in [2.45, 2.75) is 31.3 Å². The van der Waals surface area contributed by atoms with Gasteiger partial charge < -0.3 is 26.1 Å². The third-order valence-corrected chi connectivity index (χ3v) is 3.93. The predicted molar refractivity (Wildman–Crippen MR) is 76.0 cm³/mol. The molecular weight excluding hydrogens is 258 g/mol. The second-order valence-electron chi connectivity index (χ2n) is 5.17. The highest BCUT2D eigenvalue weighted by molar-refractivity contribution is 5.99. The number of nitrogens with zero attached hydrogens (tertiary/aromatic N) is 1. The van der Waals surface area contributed by atoms with Crippen molar-refractivity contribution in [1.82, 2.24) is 5.32 Å². The first-order valence-corrected chi connectivity index (χ1v) is 6.65. The molecule has 0 spiro atoms. The van der Waals surface area contributed by atoms with E-state index in [1.54, 1.807) is 13.2 Å². The van der Waals surface area contributed by atoms with E-state index in [4.69, 9.17) is 15.7 Å². The minimum Gasteiger partial charge on any atom is -0.496 e. The fourth-order valence-electron chi connectivity index (χ4n) is 2.39. The van der Waals surface area contributed by atoms with E-state index < -0.39 is 0 Å². The molecule has 110 valence electrons. The monoisotopic (exact) mass is 279 g/mol. The Kier molecular flexibility index (Phi) is 4.46. The highest BCUT2D eigenvalue weighted by Crippen LogP contribution is 2.31. The molecule has 0 bridgehead atoms. The lowest BCUT2D eigenvalue weighted by atomic mass is 9.77. The molecule has 0 atom stereocenters. The topological polar surface area (TPSA) is 100 Å². The van der Waals surface area contributed by atoms with Crippen LogP contribution in [0.2, 0.25) is 0 Å². The Balaban J connectivity index is 2.10. The molecule has 2 rings (SSSR count). The lowest BCUT2D eigenvalue weighted by molar-refractivity contribution is 0.0872. The smallest absolute Gasteiger partial charge is 0.173 e. The summed E-state index contributed by atoms with van der Waals surface area (Å²) in [5, 5.41) is 24.5. The molecule has 5 N–H and O–H groups in total. The zero-order valence-electron chi connectivity index (χ0n) is 11.6. The Labute approximate surface area is 118 Å². The van der Waals surface area contributed by atoms with Crippen molar-refractivity contribution in [2.75, 3.05) is 13.7 Å². The number of methoxy groups -OCH3 is 1. The summed E-state index contributed by atoms with van der Waals surface area (Å²) in [5.41, 5.74) is 7.04. The highest BCUT2D eigenvalue weighted by Gasteiger charge is 2.35. The minimum absolute atomic E-state index is 0.0205. The summed E-state index contributed by atoms with van der Waals surface area (Å²) in [4.78, 5) is 0. The molecule has 0 unspecified atom stereocenters. The summed E-state index contributed by atoms with van der Waals surface area (Å²) in [6.45, 7) is 0.805. The molecule has 0 amide bonds. The van der Waals surface area contributed by atoms with Crippen LogP contribution in [0.3, 0.4) is 0 Å². The van der Waals surface area contributed by atoms with Crippen LogP contribution in [-0.2, 0) is 6.54 Å². The van der Waals surface area contributed by atoms with Gasteiger partial charge in [-0.25, -0.2) is 0 Å². The van der Waals surface area contributed by atoms with E-state index in [2.05, 4.69) is 10.5 Å². The van der Waals surface area contributed by atoms with Crippen LogP contribution in [0.5, 0.6) is 5.75 Å². The van der Waals surface area contributed by atoms with Gasteiger partial charge in [0.2, 0.25) is 0 Å². The van der Waals surface area contributed by atoms with Crippen LogP contribution in [0, 0.1) is 0 Å². The minimum atomic E-state index is -0.127. The number of hydrogen-bond donors (Lipinski definition) is 4. The van der Waals surface area contributed by atoms with Crippen molar-refractivity contribution in [2.24, 2.45) is 10.9 Å². The number of nitrogens with two attached hydrogens (primary N) is 1. The molecule has 1 aromatic rings. The summed E-state index contributed by atoms with van der Waals surface area (Å²) in [6.07, 6.45) is 3.16. The predicted octanol–water partition coefficient (Wildman–Crippen LogP) is 0.794. The van der Waals surface area contributed by atoms with Gasteiger partial charge in [-0.1, -0.05) is 11.2 Å². The Morgan fingerprint density at radius 2 is 2.25 bits per heavy atom. The van der Waals surface area contributed by atoms with Crippen LogP contribution in [0.15, 0.2) is 23.4 Å². The summed E-state index contributed by atoms with van der Waals surface area (Å²) >= 11 is 0. The molecule has 0 heterocycles. The fraction of sp³-hybridized carbons (Fsp3) is 0.500. The van der Waals surface area contributed by atoms with Crippen molar-refractivity contribution in [1.29, 1.82) is 0 Å². The zero-order valence-corrected chi connectivity index (χ0v) is 11.6. The largest absolute Gasteiger partial charge is 0.496 e. The van der Waals surface area contributed by atoms with Gasteiger partial charge in [0.25, 0.3) is 0 Å². The lowest BCUT2D eigenvalue weighted by Crippen LogP contribution is -2.53. The maximum atomic E-state index is 9.42. The van der Waals surface area contributed by atoms with Crippen molar-refractivity contribution in [3.8, 4) is 5.75 Å². The number of nitrogens with one attached hydrogen (secondary N) is 1. The number of oxime groups is 1. The third kappa shape index (κ3) is 2.86. The molecule has 6 heteroatoms. The number of amidine groups is 1. The summed E-state index contributed by atoms with van der Waals surface area (Å²) in [6, 6.07) is 5.51. The van der Waals surface area contributed by atoms with Gasteiger partial charge in [0.1, 0.15) is 5.75 Å². The van der Waals surface area contributed by atoms with E-state index in [1.165, 1.54) is 0 Å². The van der Waals surface area contributed by atoms with E-state index in [9.17, 15) is 5.11 Å². The second-order valence-corrected chi connectivity index (χ2v) is 5.17. The van der Waals surface area contributed by atoms with Crippen molar-refractivity contribution in [3.05, 3.63) is 29.3 Å². The van der Waals surface area contributed by atoms with E-state index in [0.717, 1.165) is 24.8 Å². The standard InChI is InChI=1S/C14H21N3O3/c1-20-12-7-10(3-4-11(12)13(15)17-19)8-16-14(9-18)5-2-6-14/h3-4,7,16,18-19H,2,5-6,8-9H2,1H3,(H2,15,17). The molecule has 0 radical (unpaired) electrons. The van der Waals surface area contributed by atoms with Gasteiger partial charge >= 0.3 is 0 Å². The van der Waals surface area contributed by atoms with Crippen molar-refractivity contribution in [3.63, 3.8) is 0 Å². The van der Waals surface area contributed by atoms with Crippen LogP contribution in [0.25, 0.3) is 0 Å². The average molecular weight is 279 g/mol. The summed E-state index contributed by atoms with van der Waals surface area (Å²) in [7, 11) is 1.54. The zero-order chi connectivity index (χ0) is 14.6. The normalized spacial score (nSPS) is 17.6. The van der Waals surface area contributed by atoms with Gasteiger partial charge in [-0.05, 0) is 37.0 Å². The Morgan fingerprint density at radius 1 is 1.50 bits per heavy atom. The number of aliphatic hydroxyl groups excluding tert-OH is 1. The van der Waals surface area contributed by atoms with E-state index >= 15 is 0 Å². The quantitative estimate of drug-likeness (QED) is 0.267. The van der Waals surface area contributed by atoms with Gasteiger partial charge in [-0.15, -0.1) is 0 Å². The van der Waals surface area contributed by atoms with Gasteiger partial charge in [0.15, 0.2) is 5.84 Å². The van der Waals surface area contributed by atoms with Crippen LogP contribution >= 0.6 is 0 Å². The number of hydrogen-bond acceptors (Lipinski definition) is 5. The van der Waals surface area contributed by atoms with Gasteiger partial charge in [0, 0.05) is 12.1 Å². The van der Waals surface area contributed by atoms with Gasteiger partial charge in [-0.3, -0.25) is 0 Å². The molecule has 1 fully saturated rings. The average Bonchev–Trinajstić information content (AvgIpc) is 2.45. The Morgan fingerprint density at radius 3 is 2.75 bits per heavy atom. The molecule has 20 heavy (non-hydrogen) atoms. The first-order valence-electron chi connectivity index (χ1n) is 6.65. The van der Waals surface area contributed by atoms with Crippen LogP contribution in [0.1, 0.15) is 30.4 Å². The molecule has 0 aliphatic heterocycles. The SMILES string of the molecule is COc1cc(CNC2(CO)CCC2)ccc1/C(N)=N/O. The summed E-state index contributed by atoms with van der Waals surface area (Å²) < 4.78 is 5.26. The molecule has 1 aliphatic rings. The number of rotatable bonds is 6. The van der Waals surface area contributed by atoms with Crippen LogP contribution in [-0.4, -0.2) is 35.4 Å². The van der Waals surface area contributed by atoms with Gasteiger partial charge in [0.05, 0.1) is 19.3 Å². The molecule has 1 saturated carbocycles.